The fourth-order valence-corrected chi connectivity index (χ4v) is 1.23. The summed E-state index contributed by atoms with van der Waals surface area (Å²) in [6, 6.07) is 1.90. The Labute approximate surface area is 83.9 Å². The van der Waals surface area contributed by atoms with E-state index in [4.69, 9.17) is 0 Å². The summed E-state index contributed by atoms with van der Waals surface area (Å²) >= 11 is 0. The monoisotopic (exact) mass is 190 g/mol. The molecule has 3 heteroatoms. The Kier molecular flexibility index (Phi) is 3.55. The van der Waals surface area contributed by atoms with Crippen molar-refractivity contribution in [1.82, 2.24) is 4.98 Å². The van der Waals surface area contributed by atoms with E-state index in [-0.39, 0.29) is 0 Å². The van der Waals surface area contributed by atoms with Gasteiger partial charge in [-0.25, -0.2) is 4.79 Å². The molecule has 0 aliphatic rings. The lowest BCUT2D eigenvalue weighted by Gasteiger charge is -2.07. The number of pyridine rings is 1. The van der Waals surface area contributed by atoms with Crippen LogP contribution in [0.1, 0.15) is 37.9 Å². The predicted molar refractivity (Wildman–Crippen MR) is 55.5 cm³/mol. The van der Waals surface area contributed by atoms with E-state index in [1.54, 1.807) is 6.08 Å². The Morgan fingerprint density at radius 2 is 2.29 bits per heavy atom. The zero-order valence-electron chi connectivity index (χ0n) is 8.74. The Morgan fingerprint density at radius 3 is 2.79 bits per heavy atom. The minimum Gasteiger partial charge on any atom is -0.259 e. The second kappa shape index (κ2) is 4.68. The first-order valence-electron chi connectivity index (χ1n) is 4.75. The maximum absolute atomic E-state index is 10.2. The molecule has 1 heterocycles. The third-order valence-corrected chi connectivity index (χ3v) is 2.14. The highest BCUT2D eigenvalue weighted by Crippen LogP contribution is 2.22. The van der Waals surface area contributed by atoms with Gasteiger partial charge in [-0.2, -0.15) is 4.99 Å². The number of aromatic nitrogens is 1. The number of nitrogens with zero attached hydrogens (tertiary/aromatic N) is 2. The molecule has 14 heavy (non-hydrogen) atoms. The van der Waals surface area contributed by atoms with Crippen LogP contribution in [-0.2, 0) is 11.2 Å². The van der Waals surface area contributed by atoms with Crippen molar-refractivity contribution in [2.45, 2.75) is 33.1 Å². The van der Waals surface area contributed by atoms with Crippen LogP contribution in [0.3, 0.4) is 0 Å². The average Bonchev–Trinajstić information content (AvgIpc) is 2.18. The van der Waals surface area contributed by atoms with E-state index < -0.39 is 0 Å². The van der Waals surface area contributed by atoms with Crippen molar-refractivity contribution in [3.63, 3.8) is 0 Å². The second-order valence-electron chi connectivity index (χ2n) is 3.45. The molecule has 0 aromatic carbocycles. The molecule has 0 atom stereocenters. The van der Waals surface area contributed by atoms with E-state index in [9.17, 15) is 4.79 Å². The fraction of sp³-hybridized carbons (Fsp3) is 0.455. The lowest BCUT2D eigenvalue weighted by Crippen LogP contribution is -1.93. The van der Waals surface area contributed by atoms with Gasteiger partial charge in [-0.15, -0.1) is 0 Å². The van der Waals surface area contributed by atoms with E-state index in [1.165, 1.54) is 0 Å². The van der Waals surface area contributed by atoms with Gasteiger partial charge in [0.2, 0.25) is 6.08 Å². The second-order valence-corrected chi connectivity index (χ2v) is 3.45. The molecular formula is C11H14N2O. The molecule has 0 N–H and O–H groups in total. The number of hydrogen-bond acceptors (Lipinski definition) is 3. The summed E-state index contributed by atoms with van der Waals surface area (Å²) in [6.07, 6.45) is 4.18. The highest BCUT2D eigenvalue weighted by atomic mass is 16.1. The topological polar surface area (TPSA) is 42.3 Å². The number of hydrogen-bond donors (Lipinski definition) is 0. The standard InChI is InChI=1S/C11H14N2O/c1-4-10-11(13-7-14)5-9(6-12-10)8(2)3/h5-6,8H,4H2,1-3H3. The van der Waals surface area contributed by atoms with Crippen LogP contribution in [-0.4, -0.2) is 11.1 Å². The molecule has 0 aliphatic carbocycles. The molecule has 0 unspecified atom stereocenters. The SMILES string of the molecule is CCc1ncc(C(C)C)cc1N=C=O. The van der Waals surface area contributed by atoms with E-state index in [0.717, 1.165) is 17.7 Å². The van der Waals surface area contributed by atoms with E-state index >= 15 is 0 Å². The van der Waals surface area contributed by atoms with Gasteiger partial charge in [0.05, 0.1) is 11.4 Å². The molecule has 0 radical (unpaired) electrons. The average molecular weight is 190 g/mol. The van der Waals surface area contributed by atoms with Crippen LogP contribution in [0.15, 0.2) is 17.3 Å². The lowest BCUT2D eigenvalue weighted by molar-refractivity contribution is 0.565. The Hall–Kier alpha value is -1.47. The molecule has 3 nitrogen and oxygen atoms in total. The van der Waals surface area contributed by atoms with Gasteiger partial charge < -0.3 is 0 Å². The Bertz CT molecular complexity index is 366. The van der Waals surface area contributed by atoms with Crippen LogP contribution in [0, 0.1) is 0 Å². The van der Waals surface area contributed by atoms with Crippen molar-refractivity contribution >= 4 is 11.8 Å². The number of rotatable bonds is 3. The van der Waals surface area contributed by atoms with Crippen LogP contribution in [0.5, 0.6) is 0 Å². The van der Waals surface area contributed by atoms with Crippen molar-refractivity contribution in [2.75, 3.05) is 0 Å². The first-order valence-corrected chi connectivity index (χ1v) is 4.75. The fourth-order valence-electron chi connectivity index (χ4n) is 1.23. The van der Waals surface area contributed by atoms with Gasteiger partial charge in [-0.1, -0.05) is 20.8 Å². The van der Waals surface area contributed by atoms with Crippen LogP contribution >= 0.6 is 0 Å². The molecule has 1 aromatic heterocycles. The van der Waals surface area contributed by atoms with Gasteiger partial charge in [0.1, 0.15) is 0 Å². The number of aliphatic imine (C=N–C) groups is 1. The molecule has 0 fully saturated rings. The van der Waals surface area contributed by atoms with Crippen molar-refractivity contribution in [1.29, 1.82) is 0 Å². The first kappa shape index (κ1) is 10.6. The van der Waals surface area contributed by atoms with Crippen LogP contribution in [0.2, 0.25) is 0 Å². The molecule has 0 amide bonds. The van der Waals surface area contributed by atoms with Gasteiger partial charge in [0.25, 0.3) is 0 Å². The molecule has 1 aromatic rings. The lowest BCUT2D eigenvalue weighted by atomic mass is 10.0. The Balaban J connectivity index is 3.20. The summed E-state index contributed by atoms with van der Waals surface area (Å²) in [6.45, 7) is 6.15. The molecule has 0 spiro atoms. The molecular weight excluding hydrogens is 176 g/mol. The molecule has 1 rings (SSSR count). The summed E-state index contributed by atoms with van der Waals surface area (Å²) in [4.78, 5) is 18.1. The third-order valence-electron chi connectivity index (χ3n) is 2.14. The van der Waals surface area contributed by atoms with Crippen LogP contribution < -0.4 is 0 Å². The number of carbonyl (C=O) groups excluding carboxylic acids is 1. The molecule has 0 saturated carbocycles. The van der Waals surface area contributed by atoms with E-state index in [0.29, 0.717) is 11.6 Å². The van der Waals surface area contributed by atoms with Crippen molar-refractivity contribution in [2.24, 2.45) is 4.99 Å². The maximum Gasteiger partial charge on any atom is 0.240 e. The summed E-state index contributed by atoms with van der Waals surface area (Å²) in [7, 11) is 0. The zero-order chi connectivity index (χ0) is 10.6. The van der Waals surface area contributed by atoms with Crippen molar-refractivity contribution in [3.8, 4) is 0 Å². The zero-order valence-corrected chi connectivity index (χ0v) is 8.74. The van der Waals surface area contributed by atoms with Gasteiger partial charge >= 0.3 is 0 Å². The van der Waals surface area contributed by atoms with Crippen molar-refractivity contribution < 1.29 is 4.79 Å². The maximum atomic E-state index is 10.2. The van der Waals surface area contributed by atoms with E-state index in [2.05, 4.69) is 23.8 Å². The number of aryl methyl sites for hydroxylation is 1. The minimum absolute atomic E-state index is 0.397. The molecule has 74 valence electrons. The smallest absolute Gasteiger partial charge is 0.240 e. The minimum atomic E-state index is 0.397. The highest BCUT2D eigenvalue weighted by Gasteiger charge is 2.05. The van der Waals surface area contributed by atoms with Gasteiger partial charge in [-0.05, 0) is 24.0 Å². The van der Waals surface area contributed by atoms with E-state index in [1.807, 2.05) is 19.2 Å². The highest BCUT2D eigenvalue weighted by molar-refractivity contribution is 5.52. The molecule has 0 saturated heterocycles. The first-order chi connectivity index (χ1) is 6.69. The molecule has 0 aliphatic heterocycles. The summed E-state index contributed by atoms with van der Waals surface area (Å²) in [5.41, 5.74) is 2.59. The summed E-state index contributed by atoms with van der Waals surface area (Å²) < 4.78 is 0. The summed E-state index contributed by atoms with van der Waals surface area (Å²) in [5.74, 6) is 0.397. The normalized spacial score (nSPS) is 10.0. The largest absolute Gasteiger partial charge is 0.259 e. The number of isocyanates is 1. The van der Waals surface area contributed by atoms with Gasteiger partial charge in [0, 0.05) is 6.20 Å². The Morgan fingerprint density at radius 1 is 1.57 bits per heavy atom. The van der Waals surface area contributed by atoms with Gasteiger partial charge in [-0.3, -0.25) is 4.98 Å². The summed E-state index contributed by atoms with van der Waals surface area (Å²) in [5, 5.41) is 0. The van der Waals surface area contributed by atoms with Gasteiger partial charge in [0.15, 0.2) is 0 Å². The van der Waals surface area contributed by atoms with Crippen LogP contribution in [0.4, 0.5) is 5.69 Å². The molecule has 0 bridgehead atoms. The third kappa shape index (κ3) is 2.27. The quantitative estimate of drug-likeness (QED) is 0.543. The van der Waals surface area contributed by atoms with Crippen molar-refractivity contribution in [3.05, 3.63) is 23.5 Å². The predicted octanol–water partition coefficient (Wildman–Crippen LogP) is 2.73. The van der Waals surface area contributed by atoms with Crippen LogP contribution in [0.25, 0.3) is 0 Å².